The van der Waals surface area contributed by atoms with Crippen molar-refractivity contribution in [2.24, 2.45) is 0 Å². The molecule has 1 aromatic carbocycles. The fourth-order valence-corrected chi connectivity index (χ4v) is 3.35. The minimum atomic E-state index is -4.63. The van der Waals surface area contributed by atoms with E-state index in [1.807, 2.05) is 0 Å². The van der Waals surface area contributed by atoms with Gasteiger partial charge in [0.15, 0.2) is 5.82 Å². The molecule has 0 saturated carbocycles. The van der Waals surface area contributed by atoms with Gasteiger partial charge in [-0.25, -0.2) is 24.1 Å². The number of alkyl halides is 3. The Hall–Kier alpha value is -4.68. The highest BCUT2D eigenvalue weighted by molar-refractivity contribution is 6.05. The molecule has 2 amide bonds. The summed E-state index contributed by atoms with van der Waals surface area (Å²) in [5, 5.41) is 8.85. The van der Waals surface area contributed by atoms with Crippen molar-refractivity contribution in [2.45, 2.75) is 13.1 Å². The van der Waals surface area contributed by atoms with E-state index in [2.05, 4.69) is 25.7 Å². The minimum Gasteiger partial charge on any atom is -0.462 e. The number of nitrogens with zero attached hydrogens (tertiary/aromatic N) is 4. The molecule has 0 aliphatic heterocycles. The Balaban J connectivity index is 1.57. The average molecular weight is 485 g/mol. The van der Waals surface area contributed by atoms with Crippen molar-refractivity contribution in [3.8, 4) is 11.1 Å². The maximum absolute atomic E-state index is 12.8. The summed E-state index contributed by atoms with van der Waals surface area (Å²) in [4.78, 5) is 32.1. The first-order chi connectivity index (χ1) is 16.7. The van der Waals surface area contributed by atoms with Gasteiger partial charge in [-0.1, -0.05) is 18.2 Å². The van der Waals surface area contributed by atoms with Crippen LogP contribution in [0.25, 0.3) is 16.6 Å². The molecule has 0 saturated heterocycles. The average Bonchev–Trinajstić information content (AvgIpc) is 3.20. The Bertz CT molecular complexity index is 1400. The predicted octanol–water partition coefficient (Wildman–Crippen LogP) is 4.21. The Morgan fingerprint density at radius 1 is 1.11 bits per heavy atom. The molecule has 0 bridgehead atoms. The van der Waals surface area contributed by atoms with E-state index in [9.17, 15) is 22.8 Å². The van der Waals surface area contributed by atoms with Crippen LogP contribution in [0.15, 0.2) is 55.0 Å². The molecule has 3 aromatic heterocycles. The minimum absolute atomic E-state index is 0.153. The third-order valence-electron chi connectivity index (χ3n) is 4.81. The van der Waals surface area contributed by atoms with E-state index >= 15 is 0 Å². The summed E-state index contributed by atoms with van der Waals surface area (Å²) >= 11 is 0. The van der Waals surface area contributed by atoms with Crippen LogP contribution in [0.4, 0.5) is 35.3 Å². The lowest BCUT2D eigenvalue weighted by molar-refractivity contribution is -0.141. The van der Waals surface area contributed by atoms with Gasteiger partial charge in [-0.3, -0.25) is 5.32 Å². The molecule has 3 heterocycles. The van der Waals surface area contributed by atoms with Gasteiger partial charge < -0.3 is 15.8 Å². The molecule has 0 radical (unpaired) electrons. The zero-order chi connectivity index (χ0) is 25.2. The number of halogens is 3. The molecule has 35 heavy (non-hydrogen) atoms. The molecule has 4 rings (SSSR count). The molecule has 0 aliphatic carbocycles. The van der Waals surface area contributed by atoms with Gasteiger partial charge in [-0.05, 0) is 36.8 Å². The number of carbonyl (C=O) groups excluding carboxylic acids is 2. The number of hydrogen-bond donors (Lipinski definition) is 3. The highest BCUT2D eigenvalue weighted by Crippen LogP contribution is 2.33. The highest BCUT2D eigenvalue weighted by atomic mass is 19.4. The summed E-state index contributed by atoms with van der Waals surface area (Å²) < 4.78 is 45.0. The molecule has 0 aliphatic rings. The number of amides is 2. The van der Waals surface area contributed by atoms with E-state index in [0.29, 0.717) is 22.3 Å². The molecule has 0 fully saturated rings. The van der Waals surface area contributed by atoms with E-state index in [4.69, 9.17) is 10.5 Å². The maximum atomic E-state index is 12.8. The van der Waals surface area contributed by atoms with Crippen LogP contribution in [0, 0.1) is 0 Å². The van der Waals surface area contributed by atoms with Crippen LogP contribution in [0.3, 0.4) is 0 Å². The van der Waals surface area contributed by atoms with Crippen molar-refractivity contribution in [2.75, 3.05) is 23.0 Å². The van der Waals surface area contributed by atoms with Crippen LogP contribution in [-0.4, -0.2) is 38.2 Å². The molecule has 0 unspecified atom stereocenters. The van der Waals surface area contributed by atoms with Crippen molar-refractivity contribution in [3.05, 3.63) is 66.2 Å². The number of fused-ring (bicyclic) bond motifs is 1. The number of carbonyl (C=O) groups is 2. The Morgan fingerprint density at radius 2 is 1.86 bits per heavy atom. The van der Waals surface area contributed by atoms with Crippen LogP contribution in [-0.2, 0) is 10.9 Å². The van der Waals surface area contributed by atoms with Gasteiger partial charge in [0, 0.05) is 17.4 Å². The van der Waals surface area contributed by atoms with Crippen LogP contribution >= 0.6 is 0 Å². The van der Waals surface area contributed by atoms with Crippen LogP contribution in [0.1, 0.15) is 23.0 Å². The fraction of sp³-hybridized carbons (Fsp3) is 0.136. The molecular formula is C22H18F3N7O3. The van der Waals surface area contributed by atoms with E-state index < -0.39 is 23.9 Å². The quantitative estimate of drug-likeness (QED) is 0.360. The van der Waals surface area contributed by atoms with E-state index in [1.165, 1.54) is 23.1 Å². The Kier molecular flexibility index (Phi) is 6.23. The number of nitrogens with one attached hydrogen (secondary N) is 2. The SMILES string of the molecule is CCOC(=O)c1cn2ncnc(N)c2c1-c1ccc(NC(=O)Nc2cccc(C(F)(F)F)n2)cc1. The normalized spacial score (nSPS) is 11.3. The van der Waals surface area contributed by atoms with Crippen LogP contribution < -0.4 is 16.4 Å². The second-order valence-electron chi connectivity index (χ2n) is 7.14. The molecule has 4 aromatic rings. The van der Waals surface area contributed by atoms with Crippen molar-refractivity contribution < 1.29 is 27.5 Å². The predicted molar refractivity (Wildman–Crippen MR) is 121 cm³/mol. The number of anilines is 3. The molecular weight excluding hydrogens is 467 g/mol. The fourth-order valence-electron chi connectivity index (χ4n) is 3.35. The number of nitrogen functional groups attached to an aromatic ring is 1. The molecule has 13 heteroatoms. The van der Waals surface area contributed by atoms with Crippen molar-refractivity contribution in [3.63, 3.8) is 0 Å². The lowest BCUT2D eigenvalue weighted by Crippen LogP contribution is -2.21. The molecule has 0 spiro atoms. The number of nitrogens with two attached hydrogens (primary N) is 1. The number of rotatable bonds is 5. The summed E-state index contributed by atoms with van der Waals surface area (Å²) in [7, 11) is 0. The number of esters is 1. The third kappa shape index (κ3) is 4.98. The van der Waals surface area contributed by atoms with Crippen molar-refractivity contribution in [1.82, 2.24) is 19.6 Å². The second-order valence-corrected chi connectivity index (χ2v) is 7.14. The number of benzene rings is 1. The van der Waals surface area contributed by atoms with Crippen LogP contribution in [0.2, 0.25) is 0 Å². The van der Waals surface area contributed by atoms with Gasteiger partial charge in [-0.15, -0.1) is 0 Å². The Labute approximate surface area is 195 Å². The smallest absolute Gasteiger partial charge is 0.433 e. The number of urea groups is 1. The zero-order valence-electron chi connectivity index (χ0n) is 18.1. The highest BCUT2D eigenvalue weighted by Gasteiger charge is 2.32. The lowest BCUT2D eigenvalue weighted by atomic mass is 10.0. The van der Waals surface area contributed by atoms with Crippen LogP contribution in [0.5, 0.6) is 0 Å². The number of aromatic nitrogens is 4. The largest absolute Gasteiger partial charge is 0.462 e. The zero-order valence-corrected chi connectivity index (χ0v) is 18.1. The van der Waals surface area contributed by atoms with Gasteiger partial charge in [-0.2, -0.15) is 18.3 Å². The van der Waals surface area contributed by atoms with Gasteiger partial charge in [0.1, 0.15) is 23.4 Å². The molecule has 180 valence electrons. The number of hydrogen-bond acceptors (Lipinski definition) is 7. The second kappa shape index (κ2) is 9.29. The first-order valence-electron chi connectivity index (χ1n) is 10.2. The first kappa shape index (κ1) is 23.5. The third-order valence-corrected chi connectivity index (χ3v) is 4.81. The standard InChI is InChI=1S/C22H18F3N7O3/c1-2-35-20(33)14-10-32-18(19(26)27-11-28-32)17(14)12-6-8-13(9-7-12)29-21(34)31-16-5-3-4-15(30-16)22(23,24)25/h3-11H,2H2,1H3,(H2,26,27,28)(H2,29,30,31,34). The molecule has 0 atom stereocenters. The van der Waals surface area contributed by atoms with E-state index in [-0.39, 0.29) is 23.8 Å². The summed E-state index contributed by atoms with van der Waals surface area (Å²) in [6, 6.07) is 8.74. The maximum Gasteiger partial charge on any atom is 0.433 e. The topological polar surface area (TPSA) is 137 Å². The van der Waals surface area contributed by atoms with Gasteiger partial charge in [0.25, 0.3) is 0 Å². The Morgan fingerprint density at radius 3 is 2.54 bits per heavy atom. The summed E-state index contributed by atoms with van der Waals surface area (Å²) in [6.07, 6.45) is -1.89. The van der Waals surface area contributed by atoms with Gasteiger partial charge in [0.05, 0.1) is 12.2 Å². The summed E-state index contributed by atoms with van der Waals surface area (Å²) in [6.45, 7) is 1.85. The molecule has 10 nitrogen and oxygen atoms in total. The van der Waals surface area contributed by atoms with Crippen molar-refractivity contribution >= 4 is 34.8 Å². The van der Waals surface area contributed by atoms with Gasteiger partial charge in [0.2, 0.25) is 0 Å². The molecule has 4 N–H and O–H groups in total. The van der Waals surface area contributed by atoms with E-state index in [0.717, 1.165) is 12.1 Å². The van der Waals surface area contributed by atoms with E-state index in [1.54, 1.807) is 31.2 Å². The number of ether oxygens (including phenoxy) is 1. The summed E-state index contributed by atoms with van der Waals surface area (Å²) in [5.41, 5.74) is 6.89. The monoisotopic (exact) mass is 485 g/mol. The van der Waals surface area contributed by atoms with Gasteiger partial charge >= 0.3 is 18.2 Å². The number of pyridine rings is 1. The summed E-state index contributed by atoms with van der Waals surface area (Å²) in [5.74, 6) is -0.674. The van der Waals surface area contributed by atoms with Crippen molar-refractivity contribution in [1.29, 1.82) is 0 Å². The lowest BCUT2D eigenvalue weighted by Gasteiger charge is -2.11. The first-order valence-corrected chi connectivity index (χ1v) is 10.2.